The summed E-state index contributed by atoms with van der Waals surface area (Å²) in [5.74, 6) is 0.153. The predicted molar refractivity (Wildman–Crippen MR) is 81.2 cm³/mol. The van der Waals surface area contributed by atoms with Crippen LogP contribution in [0.5, 0.6) is 11.6 Å². The van der Waals surface area contributed by atoms with Crippen LogP contribution in [0.2, 0.25) is 0 Å². The van der Waals surface area contributed by atoms with Crippen molar-refractivity contribution in [2.45, 2.75) is 20.0 Å². The van der Waals surface area contributed by atoms with Gasteiger partial charge in [-0.05, 0) is 18.6 Å². The molecule has 0 spiro atoms. The Balaban J connectivity index is 2.23. The van der Waals surface area contributed by atoms with Gasteiger partial charge in [0.2, 0.25) is 12.7 Å². The molecule has 0 fully saturated rings. The number of benzene rings is 1. The molecule has 0 saturated heterocycles. The van der Waals surface area contributed by atoms with Crippen molar-refractivity contribution < 1.29 is 23.4 Å². The highest BCUT2D eigenvalue weighted by atomic mass is 19.1. The highest BCUT2D eigenvalue weighted by Gasteiger charge is 2.18. The van der Waals surface area contributed by atoms with Gasteiger partial charge in [-0.25, -0.2) is 9.18 Å². The lowest BCUT2D eigenvalue weighted by Crippen LogP contribution is -2.12. The largest absolute Gasteiger partial charge is 0.472 e. The number of carbonyl (C=O) groups is 1. The molecule has 2 rings (SSSR count). The zero-order valence-electron chi connectivity index (χ0n) is 13.1. The van der Waals surface area contributed by atoms with Crippen LogP contribution < -0.4 is 9.47 Å². The van der Waals surface area contributed by atoms with Crippen LogP contribution in [-0.4, -0.2) is 29.2 Å². The third kappa shape index (κ3) is 4.45. The average molecular weight is 322 g/mol. The number of ether oxygens (including phenoxy) is 3. The van der Waals surface area contributed by atoms with Gasteiger partial charge in [-0.3, -0.25) is 4.68 Å². The Labute approximate surface area is 133 Å². The van der Waals surface area contributed by atoms with Crippen molar-refractivity contribution in [2.24, 2.45) is 7.05 Å². The summed E-state index contributed by atoms with van der Waals surface area (Å²) < 4.78 is 29.8. The standard InChI is InChI=1S/C16H19FN2O4/c1-3-9-21-16(20)12-5-4-6-14(23-11-17)13(12)10-22-15-7-8-19(2)18-15/h4-8H,3,9-11H2,1-2H3. The van der Waals surface area contributed by atoms with Crippen LogP contribution in [-0.2, 0) is 18.4 Å². The number of hydrogen-bond acceptors (Lipinski definition) is 5. The number of alkyl halides is 1. The van der Waals surface area contributed by atoms with Gasteiger partial charge >= 0.3 is 5.97 Å². The van der Waals surface area contributed by atoms with Crippen molar-refractivity contribution >= 4 is 5.97 Å². The SMILES string of the molecule is CCCOC(=O)c1cccc(OCF)c1COc1ccn(C)n1. The molecule has 0 aliphatic carbocycles. The molecular weight excluding hydrogens is 303 g/mol. The first-order valence-corrected chi connectivity index (χ1v) is 7.26. The molecule has 0 bridgehead atoms. The predicted octanol–water partition coefficient (Wildman–Crippen LogP) is 2.87. The van der Waals surface area contributed by atoms with E-state index >= 15 is 0 Å². The number of hydrogen-bond donors (Lipinski definition) is 0. The van der Waals surface area contributed by atoms with Gasteiger partial charge < -0.3 is 14.2 Å². The normalized spacial score (nSPS) is 10.4. The van der Waals surface area contributed by atoms with E-state index in [0.29, 0.717) is 30.0 Å². The van der Waals surface area contributed by atoms with E-state index in [1.54, 1.807) is 42.2 Å². The molecule has 1 aromatic heterocycles. The number of carbonyl (C=O) groups excluding carboxylic acids is 1. The molecule has 6 nitrogen and oxygen atoms in total. The Morgan fingerprint density at radius 3 is 2.78 bits per heavy atom. The average Bonchev–Trinajstić information content (AvgIpc) is 2.97. The molecule has 7 heteroatoms. The van der Waals surface area contributed by atoms with Crippen molar-refractivity contribution in [2.75, 3.05) is 13.5 Å². The lowest BCUT2D eigenvalue weighted by Gasteiger charge is -2.14. The third-order valence-electron chi connectivity index (χ3n) is 3.05. The summed E-state index contributed by atoms with van der Waals surface area (Å²) in [5, 5.41) is 4.09. The maximum Gasteiger partial charge on any atom is 0.338 e. The number of nitrogens with zero attached hydrogens (tertiary/aromatic N) is 2. The lowest BCUT2D eigenvalue weighted by atomic mass is 10.1. The second-order valence-corrected chi connectivity index (χ2v) is 4.79. The molecule has 0 aliphatic rings. The first-order chi connectivity index (χ1) is 11.2. The zero-order valence-corrected chi connectivity index (χ0v) is 13.1. The van der Waals surface area contributed by atoms with E-state index in [9.17, 15) is 9.18 Å². The fourth-order valence-electron chi connectivity index (χ4n) is 1.99. The molecule has 0 aliphatic heterocycles. The van der Waals surface area contributed by atoms with E-state index in [1.807, 2.05) is 6.92 Å². The third-order valence-corrected chi connectivity index (χ3v) is 3.05. The molecule has 0 radical (unpaired) electrons. The van der Waals surface area contributed by atoms with Crippen LogP contribution in [0.15, 0.2) is 30.5 Å². The van der Waals surface area contributed by atoms with Crippen LogP contribution in [0, 0.1) is 0 Å². The Bertz CT molecular complexity index is 657. The molecule has 0 unspecified atom stereocenters. The molecule has 0 atom stereocenters. The molecule has 23 heavy (non-hydrogen) atoms. The van der Waals surface area contributed by atoms with E-state index in [0.717, 1.165) is 0 Å². The molecule has 1 aromatic carbocycles. The molecule has 0 saturated carbocycles. The maximum absolute atomic E-state index is 12.6. The number of esters is 1. The Morgan fingerprint density at radius 1 is 1.30 bits per heavy atom. The van der Waals surface area contributed by atoms with Gasteiger partial charge in [-0.2, -0.15) is 0 Å². The van der Waals surface area contributed by atoms with Crippen molar-refractivity contribution in [3.8, 4) is 11.6 Å². The topological polar surface area (TPSA) is 62.6 Å². The zero-order chi connectivity index (χ0) is 16.7. The summed E-state index contributed by atoms with van der Waals surface area (Å²) in [5.41, 5.74) is 0.720. The summed E-state index contributed by atoms with van der Waals surface area (Å²) in [6.45, 7) is 1.24. The van der Waals surface area contributed by atoms with Gasteiger partial charge in [-0.15, -0.1) is 5.10 Å². The number of aromatic nitrogens is 2. The molecule has 1 heterocycles. The number of rotatable bonds is 8. The van der Waals surface area contributed by atoms with Crippen molar-refractivity contribution in [3.05, 3.63) is 41.6 Å². The lowest BCUT2D eigenvalue weighted by molar-refractivity contribution is 0.0500. The van der Waals surface area contributed by atoms with Gasteiger partial charge in [0, 0.05) is 24.9 Å². The molecule has 0 amide bonds. The van der Waals surface area contributed by atoms with E-state index in [1.165, 1.54) is 0 Å². The van der Waals surface area contributed by atoms with Crippen molar-refractivity contribution in [1.29, 1.82) is 0 Å². The van der Waals surface area contributed by atoms with Gasteiger partial charge in [0.25, 0.3) is 0 Å². The van der Waals surface area contributed by atoms with E-state index in [-0.39, 0.29) is 12.4 Å². The van der Waals surface area contributed by atoms with Gasteiger partial charge in [0.1, 0.15) is 12.4 Å². The highest BCUT2D eigenvalue weighted by molar-refractivity contribution is 5.91. The Morgan fingerprint density at radius 2 is 2.13 bits per heavy atom. The summed E-state index contributed by atoms with van der Waals surface area (Å²) in [6.07, 6.45) is 2.45. The second-order valence-electron chi connectivity index (χ2n) is 4.79. The van der Waals surface area contributed by atoms with Crippen molar-refractivity contribution in [1.82, 2.24) is 9.78 Å². The van der Waals surface area contributed by atoms with Crippen LogP contribution in [0.25, 0.3) is 0 Å². The van der Waals surface area contributed by atoms with E-state index in [2.05, 4.69) is 5.10 Å². The summed E-state index contributed by atoms with van der Waals surface area (Å²) in [7, 11) is 1.76. The fourth-order valence-corrected chi connectivity index (χ4v) is 1.99. The summed E-state index contributed by atoms with van der Waals surface area (Å²) in [6, 6.07) is 6.47. The minimum Gasteiger partial charge on any atom is -0.472 e. The monoisotopic (exact) mass is 322 g/mol. The smallest absolute Gasteiger partial charge is 0.338 e. The van der Waals surface area contributed by atoms with Crippen LogP contribution in [0.3, 0.4) is 0 Å². The summed E-state index contributed by atoms with van der Waals surface area (Å²) >= 11 is 0. The fraction of sp³-hybridized carbons (Fsp3) is 0.375. The minimum absolute atomic E-state index is 0.0176. The molecular formula is C16H19FN2O4. The van der Waals surface area contributed by atoms with Gasteiger partial charge in [0.05, 0.1) is 12.2 Å². The Kier molecular flexibility index (Phi) is 5.96. The summed E-state index contributed by atoms with van der Waals surface area (Å²) in [4.78, 5) is 12.1. The van der Waals surface area contributed by atoms with E-state index in [4.69, 9.17) is 14.2 Å². The van der Waals surface area contributed by atoms with Crippen molar-refractivity contribution in [3.63, 3.8) is 0 Å². The van der Waals surface area contributed by atoms with Crippen LogP contribution in [0.4, 0.5) is 4.39 Å². The quantitative estimate of drug-likeness (QED) is 0.699. The van der Waals surface area contributed by atoms with Crippen LogP contribution >= 0.6 is 0 Å². The number of aryl methyl sites for hydroxylation is 1. The molecule has 124 valence electrons. The van der Waals surface area contributed by atoms with Crippen LogP contribution in [0.1, 0.15) is 29.3 Å². The minimum atomic E-state index is -0.996. The molecule has 2 aromatic rings. The molecule has 0 N–H and O–H groups in total. The maximum atomic E-state index is 12.6. The Hall–Kier alpha value is -2.57. The highest BCUT2D eigenvalue weighted by Crippen LogP contribution is 2.25. The first-order valence-electron chi connectivity index (χ1n) is 7.26. The van der Waals surface area contributed by atoms with E-state index < -0.39 is 12.8 Å². The number of halogens is 1. The van der Waals surface area contributed by atoms with Gasteiger partial charge in [-0.1, -0.05) is 13.0 Å². The second kappa shape index (κ2) is 8.17. The first kappa shape index (κ1) is 16.8. The van der Waals surface area contributed by atoms with Gasteiger partial charge in [0.15, 0.2) is 0 Å².